The van der Waals surface area contributed by atoms with Gasteiger partial charge >= 0.3 is 12.0 Å². The first kappa shape index (κ1) is 27.3. The van der Waals surface area contributed by atoms with Crippen molar-refractivity contribution in [2.45, 2.75) is 6.10 Å². The van der Waals surface area contributed by atoms with Crippen LogP contribution in [-0.2, 0) is 4.74 Å². The van der Waals surface area contributed by atoms with Gasteiger partial charge in [-0.15, -0.1) is 0 Å². The Labute approximate surface area is 231 Å². The number of esters is 1. The van der Waals surface area contributed by atoms with E-state index in [4.69, 9.17) is 30.5 Å². The van der Waals surface area contributed by atoms with Crippen molar-refractivity contribution in [3.8, 4) is 17.2 Å². The third kappa shape index (κ3) is 6.61. The number of carbonyl (C=O) groups excluding carboxylic acids is 2. The van der Waals surface area contributed by atoms with Crippen molar-refractivity contribution in [1.29, 1.82) is 0 Å². The van der Waals surface area contributed by atoms with E-state index in [1.807, 2.05) is 48.5 Å². The van der Waals surface area contributed by atoms with Crippen LogP contribution < -0.4 is 24.8 Å². The molecular formula is C30H27ClN2O6. The molecule has 2 amide bonds. The van der Waals surface area contributed by atoms with Gasteiger partial charge in [-0.3, -0.25) is 0 Å². The van der Waals surface area contributed by atoms with E-state index in [0.29, 0.717) is 27.9 Å². The molecule has 0 spiro atoms. The second-order valence-corrected chi connectivity index (χ2v) is 8.69. The van der Waals surface area contributed by atoms with Gasteiger partial charge < -0.3 is 29.6 Å². The SMILES string of the molecule is COC(=O)c1cc(NC(=O)Nc2ccc(OC)c(OC)c2)ccc1OC(c1ccccc1)c1ccccc1Cl. The van der Waals surface area contributed by atoms with E-state index in [1.54, 1.807) is 36.4 Å². The number of urea groups is 1. The number of carbonyl (C=O) groups is 2. The first-order chi connectivity index (χ1) is 18.9. The monoisotopic (exact) mass is 546 g/mol. The molecule has 9 heteroatoms. The Kier molecular flexibility index (Phi) is 8.91. The van der Waals surface area contributed by atoms with E-state index in [1.165, 1.54) is 27.4 Å². The maximum Gasteiger partial charge on any atom is 0.341 e. The van der Waals surface area contributed by atoms with Gasteiger partial charge in [0, 0.05) is 28.0 Å². The summed E-state index contributed by atoms with van der Waals surface area (Å²) in [5.41, 5.74) is 2.56. The summed E-state index contributed by atoms with van der Waals surface area (Å²) >= 11 is 6.51. The number of rotatable bonds is 9. The smallest absolute Gasteiger partial charge is 0.341 e. The highest BCUT2D eigenvalue weighted by Crippen LogP contribution is 2.35. The number of nitrogens with one attached hydrogen (secondary N) is 2. The highest BCUT2D eigenvalue weighted by Gasteiger charge is 2.23. The zero-order valence-electron chi connectivity index (χ0n) is 21.6. The van der Waals surface area contributed by atoms with E-state index in [-0.39, 0.29) is 11.3 Å². The average Bonchev–Trinajstić information content (AvgIpc) is 2.96. The highest BCUT2D eigenvalue weighted by molar-refractivity contribution is 6.31. The van der Waals surface area contributed by atoms with Crippen LogP contribution in [0, 0.1) is 0 Å². The summed E-state index contributed by atoms with van der Waals surface area (Å²) in [5, 5.41) is 5.97. The standard InChI is InChI=1S/C30H27ClN2O6/c1-36-26-16-14-21(18-27(26)37-2)33-30(35)32-20-13-15-25(23(17-20)29(34)38-3)39-28(19-9-5-4-6-10-19)22-11-7-8-12-24(22)31/h4-18,28H,1-3H3,(H2,32,33,35). The number of benzene rings is 4. The predicted molar refractivity (Wildman–Crippen MR) is 150 cm³/mol. The number of amides is 2. The summed E-state index contributed by atoms with van der Waals surface area (Å²) in [6.07, 6.45) is -0.601. The Balaban J connectivity index is 1.60. The van der Waals surface area contributed by atoms with Crippen LogP contribution in [0.1, 0.15) is 27.6 Å². The van der Waals surface area contributed by atoms with Crippen LogP contribution in [0.2, 0.25) is 5.02 Å². The molecule has 2 N–H and O–H groups in total. The molecule has 0 aliphatic rings. The summed E-state index contributed by atoms with van der Waals surface area (Å²) in [6.45, 7) is 0. The van der Waals surface area contributed by atoms with Gasteiger partial charge in [0.2, 0.25) is 0 Å². The van der Waals surface area contributed by atoms with E-state index in [2.05, 4.69) is 10.6 Å². The van der Waals surface area contributed by atoms with Crippen LogP contribution in [0.4, 0.5) is 16.2 Å². The average molecular weight is 547 g/mol. The lowest BCUT2D eigenvalue weighted by atomic mass is 10.0. The van der Waals surface area contributed by atoms with Crippen LogP contribution in [0.15, 0.2) is 91.0 Å². The van der Waals surface area contributed by atoms with Gasteiger partial charge in [-0.1, -0.05) is 60.1 Å². The molecular weight excluding hydrogens is 520 g/mol. The van der Waals surface area contributed by atoms with Crippen LogP contribution in [0.3, 0.4) is 0 Å². The molecule has 4 aromatic carbocycles. The minimum atomic E-state index is -0.625. The maximum atomic E-state index is 12.7. The van der Waals surface area contributed by atoms with Gasteiger partial charge in [-0.2, -0.15) is 0 Å². The molecule has 0 aliphatic carbocycles. The molecule has 200 valence electrons. The Hall–Kier alpha value is -4.69. The molecule has 0 heterocycles. The van der Waals surface area contributed by atoms with E-state index < -0.39 is 18.1 Å². The number of anilines is 2. The maximum absolute atomic E-state index is 12.7. The molecule has 0 radical (unpaired) electrons. The zero-order valence-corrected chi connectivity index (χ0v) is 22.3. The molecule has 0 aliphatic heterocycles. The minimum Gasteiger partial charge on any atom is -0.493 e. The van der Waals surface area contributed by atoms with E-state index in [0.717, 1.165) is 11.1 Å². The lowest BCUT2D eigenvalue weighted by Gasteiger charge is -2.23. The normalized spacial score (nSPS) is 11.2. The fourth-order valence-electron chi connectivity index (χ4n) is 3.94. The fourth-order valence-corrected chi connectivity index (χ4v) is 4.18. The zero-order chi connectivity index (χ0) is 27.8. The van der Waals surface area contributed by atoms with Gasteiger partial charge in [0.05, 0.1) is 21.3 Å². The fraction of sp³-hybridized carbons (Fsp3) is 0.133. The van der Waals surface area contributed by atoms with Gasteiger partial charge in [0.25, 0.3) is 0 Å². The molecule has 0 aromatic heterocycles. The summed E-state index contributed by atoms with van der Waals surface area (Å²) in [5.74, 6) is 0.644. The van der Waals surface area contributed by atoms with Crippen molar-refractivity contribution in [2.24, 2.45) is 0 Å². The van der Waals surface area contributed by atoms with Crippen LogP contribution >= 0.6 is 11.6 Å². The molecule has 1 unspecified atom stereocenters. The van der Waals surface area contributed by atoms with Crippen molar-refractivity contribution >= 4 is 35.0 Å². The van der Waals surface area contributed by atoms with Crippen molar-refractivity contribution in [1.82, 2.24) is 0 Å². The lowest BCUT2D eigenvalue weighted by Crippen LogP contribution is -2.20. The van der Waals surface area contributed by atoms with Gasteiger partial charge in [-0.05, 0) is 42.0 Å². The van der Waals surface area contributed by atoms with Gasteiger partial charge in [-0.25, -0.2) is 9.59 Å². The number of ether oxygens (including phenoxy) is 4. The number of methoxy groups -OCH3 is 3. The molecule has 4 aromatic rings. The molecule has 0 saturated carbocycles. The molecule has 0 fully saturated rings. The Morgan fingerprint density at radius 1 is 0.718 bits per heavy atom. The number of hydrogen-bond donors (Lipinski definition) is 2. The van der Waals surface area contributed by atoms with Gasteiger partial charge in [0.1, 0.15) is 11.3 Å². The third-order valence-electron chi connectivity index (χ3n) is 5.82. The van der Waals surface area contributed by atoms with Crippen molar-refractivity contribution in [2.75, 3.05) is 32.0 Å². The molecule has 8 nitrogen and oxygen atoms in total. The minimum absolute atomic E-state index is 0.134. The highest BCUT2D eigenvalue weighted by atomic mass is 35.5. The second-order valence-electron chi connectivity index (χ2n) is 8.28. The molecule has 39 heavy (non-hydrogen) atoms. The van der Waals surface area contributed by atoms with Gasteiger partial charge in [0.15, 0.2) is 17.6 Å². The van der Waals surface area contributed by atoms with Crippen LogP contribution in [-0.4, -0.2) is 33.3 Å². The Bertz CT molecular complexity index is 1460. The largest absolute Gasteiger partial charge is 0.493 e. The summed E-state index contributed by atoms with van der Waals surface area (Å²) in [4.78, 5) is 25.4. The molecule has 0 bridgehead atoms. The molecule has 4 rings (SSSR count). The quantitative estimate of drug-likeness (QED) is 0.220. The molecule has 1 atom stereocenters. The second kappa shape index (κ2) is 12.7. The van der Waals surface area contributed by atoms with E-state index in [9.17, 15) is 9.59 Å². The Morgan fingerprint density at radius 2 is 1.33 bits per heavy atom. The van der Waals surface area contributed by atoms with Crippen molar-refractivity contribution < 1.29 is 28.5 Å². The number of hydrogen-bond acceptors (Lipinski definition) is 6. The summed E-state index contributed by atoms with van der Waals surface area (Å²) in [6, 6.07) is 26.1. The lowest BCUT2D eigenvalue weighted by molar-refractivity contribution is 0.0594. The Morgan fingerprint density at radius 3 is 1.97 bits per heavy atom. The topological polar surface area (TPSA) is 95.1 Å². The van der Waals surface area contributed by atoms with Crippen molar-refractivity contribution in [3.05, 3.63) is 113 Å². The third-order valence-corrected chi connectivity index (χ3v) is 6.16. The van der Waals surface area contributed by atoms with Crippen LogP contribution in [0.5, 0.6) is 17.2 Å². The van der Waals surface area contributed by atoms with E-state index >= 15 is 0 Å². The molecule has 0 saturated heterocycles. The van der Waals surface area contributed by atoms with Crippen molar-refractivity contribution in [3.63, 3.8) is 0 Å². The number of halogens is 1. The summed E-state index contributed by atoms with van der Waals surface area (Å²) < 4.78 is 21.9. The first-order valence-corrected chi connectivity index (χ1v) is 12.3. The summed E-state index contributed by atoms with van der Waals surface area (Å²) in [7, 11) is 4.31. The predicted octanol–water partition coefficient (Wildman–Crippen LogP) is 6.96. The van der Waals surface area contributed by atoms with Crippen LogP contribution in [0.25, 0.3) is 0 Å². The first-order valence-electron chi connectivity index (χ1n) is 11.9.